The number of rotatable bonds is 5. The monoisotopic (exact) mass is 191 g/mol. The molecule has 0 saturated carbocycles. The lowest BCUT2D eigenvalue weighted by atomic mass is 10.1. The van der Waals surface area contributed by atoms with Crippen LogP contribution in [0.1, 0.15) is 13.8 Å². The molecule has 1 atom stereocenters. The van der Waals surface area contributed by atoms with E-state index in [0.29, 0.717) is 5.75 Å². The third kappa shape index (κ3) is 6.45. The summed E-state index contributed by atoms with van der Waals surface area (Å²) in [4.78, 5) is 10.5. The average Bonchev–Trinajstić information content (AvgIpc) is 1.84. The standard InChI is InChI=1S/C7H17N3OS/c1-7(2,10)4-12-3-5(8)6(9)11/h5H,3-4,8,10H2,1-2H3,(H2,9,11). The Kier molecular flexibility index (Phi) is 4.59. The van der Waals surface area contributed by atoms with Gasteiger partial charge in [0.15, 0.2) is 0 Å². The Morgan fingerprint density at radius 1 is 1.58 bits per heavy atom. The van der Waals surface area contributed by atoms with Crippen molar-refractivity contribution in [1.82, 2.24) is 0 Å². The van der Waals surface area contributed by atoms with E-state index < -0.39 is 11.9 Å². The van der Waals surface area contributed by atoms with Gasteiger partial charge in [0, 0.05) is 17.0 Å². The van der Waals surface area contributed by atoms with Crippen molar-refractivity contribution in [3.8, 4) is 0 Å². The molecular formula is C7H17N3OS. The van der Waals surface area contributed by atoms with E-state index in [4.69, 9.17) is 17.2 Å². The largest absolute Gasteiger partial charge is 0.368 e. The van der Waals surface area contributed by atoms with E-state index in [2.05, 4.69) is 0 Å². The zero-order valence-electron chi connectivity index (χ0n) is 7.54. The second kappa shape index (κ2) is 4.69. The van der Waals surface area contributed by atoms with Crippen LogP contribution in [0, 0.1) is 0 Å². The number of nitrogens with two attached hydrogens (primary N) is 3. The zero-order chi connectivity index (χ0) is 9.78. The van der Waals surface area contributed by atoms with Gasteiger partial charge >= 0.3 is 0 Å². The predicted molar refractivity (Wildman–Crippen MR) is 52.8 cm³/mol. The molecule has 0 heterocycles. The van der Waals surface area contributed by atoms with Gasteiger partial charge in [-0.25, -0.2) is 0 Å². The van der Waals surface area contributed by atoms with Crippen molar-refractivity contribution in [2.75, 3.05) is 11.5 Å². The summed E-state index contributed by atoms with van der Waals surface area (Å²) in [5.74, 6) is 0.849. The van der Waals surface area contributed by atoms with Crippen LogP contribution >= 0.6 is 11.8 Å². The first kappa shape index (κ1) is 11.7. The van der Waals surface area contributed by atoms with E-state index >= 15 is 0 Å². The van der Waals surface area contributed by atoms with Crippen molar-refractivity contribution in [1.29, 1.82) is 0 Å². The van der Waals surface area contributed by atoms with Gasteiger partial charge in [0.1, 0.15) is 0 Å². The van der Waals surface area contributed by atoms with Crippen LogP contribution < -0.4 is 17.2 Å². The van der Waals surface area contributed by atoms with Crippen molar-refractivity contribution in [3.63, 3.8) is 0 Å². The van der Waals surface area contributed by atoms with Crippen LogP contribution in [0.15, 0.2) is 0 Å². The molecule has 0 rings (SSSR count). The lowest BCUT2D eigenvalue weighted by molar-refractivity contribution is -0.118. The van der Waals surface area contributed by atoms with Crippen molar-refractivity contribution >= 4 is 17.7 Å². The van der Waals surface area contributed by atoms with Gasteiger partial charge in [0.05, 0.1) is 6.04 Å². The summed E-state index contributed by atoms with van der Waals surface area (Å²) in [6.45, 7) is 3.85. The zero-order valence-corrected chi connectivity index (χ0v) is 8.36. The first-order valence-corrected chi connectivity index (χ1v) is 4.90. The maximum atomic E-state index is 10.5. The molecule has 0 fully saturated rings. The van der Waals surface area contributed by atoms with E-state index in [1.54, 1.807) is 11.8 Å². The molecule has 1 amide bonds. The fourth-order valence-electron chi connectivity index (χ4n) is 0.531. The number of amides is 1. The SMILES string of the molecule is CC(C)(N)CSCC(N)C(N)=O. The number of carbonyl (C=O) groups is 1. The fourth-order valence-corrected chi connectivity index (χ4v) is 1.59. The molecule has 12 heavy (non-hydrogen) atoms. The number of hydrogen-bond donors (Lipinski definition) is 3. The highest BCUT2D eigenvalue weighted by Gasteiger charge is 2.13. The molecule has 4 nitrogen and oxygen atoms in total. The summed E-state index contributed by atoms with van der Waals surface area (Å²) in [5, 5.41) is 0. The van der Waals surface area contributed by atoms with Gasteiger partial charge in [-0.15, -0.1) is 0 Å². The van der Waals surface area contributed by atoms with Crippen molar-refractivity contribution in [3.05, 3.63) is 0 Å². The molecule has 1 unspecified atom stereocenters. The number of thioether (sulfide) groups is 1. The number of carbonyl (C=O) groups excluding carboxylic acids is 1. The van der Waals surface area contributed by atoms with Gasteiger partial charge in [-0.2, -0.15) is 11.8 Å². The van der Waals surface area contributed by atoms with Gasteiger partial charge in [-0.3, -0.25) is 4.79 Å². The van der Waals surface area contributed by atoms with Crippen LogP contribution in [-0.4, -0.2) is 29.0 Å². The van der Waals surface area contributed by atoms with E-state index in [9.17, 15) is 4.79 Å². The van der Waals surface area contributed by atoms with Crippen LogP contribution in [0.3, 0.4) is 0 Å². The molecule has 72 valence electrons. The van der Waals surface area contributed by atoms with Crippen molar-refractivity contribution < 1.29 is 4.79 Å². The molecule has 6 N–H and O–H groups in total. The van der Waals surface area contributed by atoms with Gasteiger partial charge in [0.25, 0.3) is 0 Å². The van der Waals surface area contributed by atoms with Gasteiger partial charge in [-0.1, -0.05) is 0 Å². The molecule has 0 aliphatic carbocycles. The molecule has 0 aromatic carbocycles. The Morgan fingerprint density at radius 2 is 2.08 bits per heavy atom. The van der Waals surface area contributed by atoms with Crippen LogP contribution in [0.5, 0.6) is 0 Å². The van der Waals surface area contributed by atoms with Crippen LogP contribution in [0.25, 0.3) is 0 Å². The summed E-state index contributed by atoms with van der Waals surface area (Å²) < 4.78 is 0. The highest BCUT2D eigenvalue weighted by molar-refractivity contribution is 7.99. The molecular weight excluding hydrogens is 174 g/mol. The molecule has 0 bridgehead atoms. The minimum atomic E-state index is -0.558. The predicted octanol–water partition coefficient (Wildman–Crippen LogP) is -0.730. The Balaban J connectivity index is 3.51. The van der Waals surface area contributed by atoms with E-state index in [1.807, 2.05) is 13.8 Å². The molecule has 5 heteroatoms. The van der Waals surface area contributed by atoms with Crippen LogP contribution in [-0.2, 0) is 4.79 Å². The first-order valence-electron chi connectivity index (χ1n) is 3.74. The third-order valence-electron chi connectivity index (χ3n) is 1.14. The maximum Gasteiger partial charge on any atom is 0.235 e. The highest BCUT2D eigenvalue weighted by atomic mass is 32.2. The summed E-state index contributed by atoms with van der Waals surface area (Å²) in [7, 11) is 0. The normalized spacial score (nSPS) is 14.3. The highest BCUT2D eigenvalue weighted by Crippen LogP contribution is 2.09. The molecule has 0 aromatic rings. The lowest BCUT2D eigenvalue weighted by Crippen LogP contribution is -2.40. The Labute approximate surface area is 77.2 Å². The van der Waals surface area contributed by atoms with Gasteiger partial charge < -0.3 is 17.2 Å². The first-order chi connectivity index (χ1) is 5.33. The maximum absolute atomic E-state index is 10.5. The van der Waals surface area contributed by atoms with E-state index in [1.165, 1.54) is 0 Å². The minimum absolute atomic E-state index is 0.220. The second-order valence-corrected chi connectivity index (χ2v) is 4.54. The molecule has 0 saturated heterocycles. The summed E-state index contributed by atoms with van der Waals surface area (Å²) in [5.41, 5.74) is 15.9. The third-order valence-corrected chi connectivity index (χ3v) is 2.68. The summed E-state index contributed by atoms with van der Waals surface area (Å²) in [6.07, 6.45) is 0. The Hall–Kier alpha value is -0.260. The molecule has 0 radical (unpaired) electrons. The molecule has 0 spiro atoms. The molecule has 0 aromatic heterocycles. The van der Waals surface area contributed by atoms with Gasteiger partial charge in [0.2, 0.25) is 5.91 Å². The fraction of sp³-hybridized carbons (Fsp3) is 0.857. The minimum Gasteiger partial charge on any atom is -0.368 e. The second-order valence-electron chi connectivity index (χ2n) is 3.51. The summed E-state index contributed by atoms with van der Waals surface area (Å²) in [6, 6.07) is -0.558. The Bertz CT molecular complexity index is 155. The summed E-state index contributed by atoms with van der Waals surface area (Å²) >= 11 is 1.55. The topological polar surface area (TPSA) is 95.1 Å². The van der Waals surface area contributed by atoms with Crippen molar-refractivity contribution in [2.24, 2.45) is 17.2 Å². The smallest absolute Gasteiger partial charge is 0.235 e. The van der Waals surface area contributed by atoms with E-state index in [0.717, 1.165) is 5.75 Å². The lowest BCUT2D eigenvalue weighted by Gasteiger charge is -2.18. The van der Waals surface area contributed by atoms with Gasteiger partial charge in [-0.05, 0) is 13.8 Å². The Morgan fingerprint density at radius 3 is 2.42 bits per heavy atom. The molecule has 0 aliphatic rings. The number of hydrogen-bond acceptors (Lipinski definition) is 4. The average molecular weight is 191 g/mol. The number of primary amides is 1. The molecule has 0 aliphatic heterocycles. The van der Waals surface area contributed by atoms with Crippen molar-refractivity contribution in [2.45, 2.75) is 25.4 Å². The van der Waals surface area contributed by atoms with Crippen LogP contribution in [0.2, 0.25) is 0 Å². The quantitative estimate of drug-likeness (QED) is 0.534. The van der Waals surface area contributed by atoms with Crippen LogP contribution in [0.4, 0.5) is 0 Å². The van der Waals surface area contributed by atoms with E-state index in [-0.39, 0.29) is 5.54 Å².